The Labute approximate surface area is 166 Å². The van der Waals surface area contributed by atoms with Gasteiger partial charge in [-0.1, -0.05) is 0 Å². The quantitative estimate of drug-likeness (QED) is 0.552. The van der Waals surface area contributed by atoms with Gasteiger partial charge in [0.25, 0.3) is 0 Å². The van der Waals surface area contributed by atoms with E-state index in [1.165, 1.54) is 22.3 Å². The molecule has 2 N–H and O–H groups in total. The summed E-state index contributed by atoms with van der Waals surface area (Å²) >= 11 is -4.54. The second-order valence-electron chi connectivity index (χ2n) is 8.55. The molecule has 0 bridgehead atoms. The molecule has 0 spiro atoms. The molecule has 0 fully saturated rings. The van der Waals surface area contributed by atoms with Crippen LogP contribution < -0.4 is 3.26 Å². The first-order valence-corrected chi connectivity index (χ1v) is 25.0. The van der Waals surface area contributed by atoms with Crippen molar-refractivity contribution in [2.75, 3.05) is 6.61 Å². The monoisotopic (exact) mass is 486 g/mol. The summed E-state index contributed by atoms with van der Waals surface area (Å²) in [4.78, 5) is 0. The van der Waals surface area contributed by atoms with E-state index in [0.717, 1.165) is 6.04 Å². The van der Waals surface area contributed by atoms with Gasteiger partial charge < -0.3 is 0 Å². The average Bonchev–Trinajstić information content (AvgIpc) is 2.89. The molecule has 6 heteroatoms. The predicted octanol–water partition coefficient (Wildman–Crippen LogP) is 5.40. The van der Waals surface area contributed by atoms with Crippen LogP contribution in [0.4, 0.5) is 0 Å². The van der Waals surface area contributed by atoms with Crippen molar-refractivity contribution in [3.05, 3.63) is 59.7 Å². The van der Waals surface area contributed by atoms with E-state index in [1.54, 1.807) is 0 Å². The van der Waals surface area contributed by atoms with Gasteiger partial charge in [0.15, 0.2) is 0 Å². The van der Waals surface area contributed by atoms with Gasteiger partial charge in [0, 0.05) is 0 Å². The second kappa shape index (κ2) is 7.13. The Morgan fingerprint density at radius 1 is 1.00 bits per heavy atom. The summed E-state index contributed by atoms with van der Waals surface area (Å²) in [6, 6.07) is 17.8. The van der Waals surface area contributed by atoms with Crippen molar-refractivity contribution >= 4 is 22.9 Å². The molecule has 26 heavy (non-hydrogen) atoms. The molecule has 0 amide bonds. The van der Waals surface area contributed by atoms with Crippen LogP contribution in [-0.4, -0.2) is 23.2 Å². The Balaban J connectivity index is 2.28. The molecule has 0 saturated heterocycles. The van der Waals surface area contributed by atoms with Crippen molar-refractivity contribution in [2.45, 2.75) is 42.5 Å². The predicted molar refractivity (Wildman–Crippen MR) is 113 cm³/mol. The maximum atomic E-state index is 9.67. The average molecular weight is 489 g/mol. The molecule has 0 saturated carbocycles. The van der Waals surface area contributed by atoms with Gasteiger partial charge in [-0.05, 0) is 0 Å². The van der Waals surface area contributed by atoms with Crippen LogP contribution in [0.1, 0.15) is 35.5 Å². The number of nitrogens with one attached hydrogen (secondary N) is 1. The number of halogens is 2. The fourth-order valence-electron chi connectivity index (χ4n) is 4.38. The fraction of sp³-hybridized carbons (Fsp3) is 0.400. The van der Waals surface area contributed by atoms with Crippen molar-refractivity contribution < 1.29 is 21.0 Å². The number of fused-ring (bicyclic) bond motifs is 3. The van der Waals surface area contributed by atoms with E-state index in [1.807, 2.05) is 0 Å². The van der Waals surface area contributed by atoms with Crippen molar-refractivity contribution in [3.63, 3.8) is 0 Å². The van der Waals surface area contributed by atoms with Crippen LogP contribution in [0.2, 0.25) is 12.6 Å². The number of hydrogen-bond donors (Lipinski definition) is 2. The molecule has 2 aromatic carbocycles. The topological polar surface area (TPSA) is 32.3 Å². The molecule has 1 unspecified atom stereocenters. The SMILES string of the molecule is C[SiH](CCO)[Zr]([Cl])([Cl])([NH]C(C)(C)C)[CH]1c2ccccc2-c2ccccc21. The molecule has 0 aliphatic heterocycles. The summed E-state index contributed by atoms with van der Waals surface area (Å²) in [7, 11) is 15.4. The van der Waals surface area contributed by atoms with Gasteiger partial charge in [-0.25, -0.2) is 0 Å². The summed E-state index contributed by atoms with van der Waals surface area (Å²) in [5, 5.41) is 9.67. The summed E-state index contributed by atoms with van der Waals surface area (Å²) in [5.41, 5.74) is 4.81. The summed E-state index contributed by atoms with van der Waals surface area (Å²) in [5.74, 6) is -1.64. The van der Waals surface area contributed by atoms with Crippen LogP contribution in [0.25, 0.3) is 11.1 Å². The van der Waals surface area contributed by atoms with Gasteiger partial charge in [0.05, 0.1) is 0 Å². The second-order valence-corrected chi connectivity index (χ2v) is 48.1. The van der Waals surface area contributed by atoms with E-state index >= 15 is 0 Å². The molecule has 0 radical (unpaired) electrons. The molecular weight excluding hydrogens is 460 g/mol. The Bertz CT molecular complexity index is 776. The van der Waals surface area contributed by atoms with Crippen LogP contribution in [0, 0.1) is 0 Å². The van der Waals surface area contributed by atoms with E-state index in [0.29, 0.717) is 0 Å². The molecule has 3 rings (SSSR count). The van der Waals surface area contributed by atoms with Crippen molar-refractivity contribution in [2.24, 2.45) is 0 Å². The number of aliphatic hydroxyl groups is 1. The van der Waals surface area contributed by atoms with Crippen LogP contribution in [0.15, 0.2) is 48.5 Å². The standard InChI is InChI=1S/C13H9.C4H10N.C3H9OSi.2ClH.Zr/c1-3-7-12-10(5-1)9-11-6-2-4-8-13(11)12;1-4(2,3)5;1-5-3-2-4;;;/h1-9H;5H,1-3H3;4-5H,2-3H2,1H3;2*1H;/q;-1;;;;+3/p-2. The summed E-state index contributed by atoms with van der Waals surface area (Å²) in [6.07, 6.45) is 0. The van der Waals surface area contributed by atoms with E-state index in [-0.39, 0.29) is 15.8 Å². The minimum atomic E-state index is -4.54. The normalized spacial score (nSPS) is 17.3. The molecule has 1 atom stereocenters. The van der Waals surface area contributed by atoms with Gasteiger partial charge in [-0.2, -0.15) is 0 Å². The van der Waals surface area contributed by atoms with Gasteiger partial charge in [-0.3, -0.25) is 0 Å². The minimum absolute atomic E-state index is 0.0274. The van der Waals surface area contributed by atoms with Crippen LogP contribution >= 0.6 is 17.0 Å². The fourth-order valence-corrected chi connectivity index (χ4v) is 39.6. The van der Waals surface area contributed by atoms with E-state index < -0.39 is 21.8 Å². The number of aliphatic hydroxyl groups excluding tert-OH is 1. The Hall–Kier alpha value is 0.0400. The Morgan fingerprint density at radius 3 is 1.88 bits per heavy atom. The van der Waals surface area contributed by atoms with Crippen LogP contribution in [0.3, 0.4) is 0 Å². The Kier molecular flexibility index (Phi) is 5.70. The van der Waals surface area contributed by atoms with Gasteiger partial charge in [0.1, 0.15) is 0 Å². The summed E-state index contributed by atoms with van der Waals surface area (Å²) < 4.78 is 3.84. The molecule has 2 aromatic rings. The molecule has 141 valence electrons. The molecule has 1 aliphatic rings. The summed E-state index contributed by atoms with van der Waals surface area (Å²) in [6.45, 7) is 8.80. The van der Waals surface area contributed by atoms with E-state index in [2.05, 4.69) is 79.1 Å². The number of hydrogen-bond acceptors (Lipinski definition) is 2. The van der Waals surface area contributed by atoms with E-state index in [4.69, 9.17) is 17.0 Å². The molecule has 2 nitrogen and oxygen atoms in total. The molecule has 1 aliphatic carbocycles. The van der Waals surface area contributed by atoms with Crippen molar-refractivity contribution in [1.29, 1.82) is 0 Å². The van der Waals surface area contributed by atoms with Crippen LogP contribution in [-0.2, 0) is 15.8 Å². The molecule has 0 aromatic heterocycles. The van der Waals surface area contributed by atoms with Crippen LogP contribution in [0.5, 0.6) is 0 Å². The third kappa shape index (κ3) is 3.54. The first kappa shape index (κ1) is 20.8. The third-order valence-electron chi connectivity index (χ3n) is 5.44. The number of rotatable bonds is 5. The van der Waals surface area contributed by atoms with Gasteiger partial charge >= 0.3 is 167 Å². The van der Waals surface area contributed by atoms with Crippen molar-refractivity contribution in [3.8, 4) is 11.1 Å². The third-order valence-corrected chi connectivity index (χ3v) is 50.7. The van der Waals surface area contributed by atoms with Gasteiger partial charge in [-0.15, -0.1) is 0 Å². The van der Waals surface area contributed by atoms with Crippen molar-refractivity contribution in [1.82, 2.24) is 3.26 Å². The first-order chi connectivity index (χ1) is 12.1. The zero-order valence-corrected chi connectivity index (χ0v) is 21.0. The van der Waals surface area contributed by atoms with E-state index in [9.17, 15) is 5.11 Å². The maximum absolute atomic E-state index is 9.67. The molecule has 0 heterocycles. The zero-order chi connectivity index (χ0) is 19.2. The first-order valence-electron chi connectivity index (χ1n) is 9.24. The zero-order valence-electron chi connectivity index (χ0n) is 15.9. The molecular formula is C20H28Cl2NOSiZr. The number of benzene rings is 2. The van der Waals surface area contributed by atoms with Gasteiger partial charge in [0.2, 0.25) is 0 Å². The Morgan fingerprint density at radius 2 is 1.46 bits per heavy atom.